The van der Waals surface area contributed by atoms with Gasteiger partial charge in [-0.3, -0.25) is 0 Å². The van der Waals surface area contributed by atoms with Crippen LogP contribution < -0.4 is 36.3 Å². The number of anilines is 7. The second kappa shape index (κ2) is 11.7. The lowest BCUT2D eigenvalue weighted by atomic mass is 9.33. The molecule has 0 saturated heterocycles. The largest absolute Gasteiger partial charge is 0.335 e. The Hall–Kier alpha value is -4.22. The van der Waals surface area contributed by atoms with Gasteiger partial charge in [0.2, 0.25) is 0 Å². The molecule has 6 aliphatic rings. The number of hydrogen-bond donors (Lipinski definition) is 0. The van der Waals surface area contributed by atoms with Crippen molar-refractivity contribution in [1.82, 2.24) is 0 Å². The van der Waals surface area contributed by atoms with Gasteiger partial charge in [-0.25, -0.2) is 0 Å². The van der Waals surface area contributed by atoms with E-state index >= 15 is 0 Å². The second-order valence-corrected chi connectivity index (χ2v) is 27.1. The maximum atomic E-state index is 2.94. The lowest BCUT2D eigenvalue weighted by Gasteiger charge is -2.53. The molecule has 0 N–H and O–H groups in total. The first kappa shape index (κ1) is 36.8. The average molecular weight is 780 g/mol. The van der Waals surface area contributed by atoms with Crippen molar-refractivity contribution in [2.45, 2.75) is 147 Å². The van der Waals surface area contributed by atoms with Gasteiger partial charge in [0.05, 0.1) is 19.2 Å². The molecule has 5 aromatic rings. The molecule has 0 amide bonds. The number of nitrogens with zero attached hydrogens (tertiary/aromatic N) is 3. The van der Waals surface area contributed by atoms with E-state index in [1.807, 2.05) is 0 Å². The minimum Gasteiger partial charge on any atom is -0.335 e. The summed E-state index contributed by atoms with van der Waals surface area (Å²) in [5, 5.41) is 1.58. The molecule has 2 saturated carbocycles. The fraction of sp³-hybridized carbons (Fsp3) is 0.434. The van der Waals surface area contributed by atoms with E-state index in [2.05, 4.69) is 180 Å². The topological polar surface area (TPSA) is 9.72 Å². The number of rotatable bonds is 3. The SMILES string of the molecule is CC(C)(C)c1cc2c3c(c1)C1(C)CCCCC1(C)N3c1cc(N3c4ccc([Si](C)(C)C)cc4C4(C)CCCCC34C)cc3c1B2c1ccccc1N3c1ccccc1. The van der Waals surface area contributed by atoms with Gasteiger partial charge in [0.25, 0.3) is 6.71 Å². The van der Waals surface area contributed by atoms with Crippen LogP contribution in [-0.2, 0) is 16.2 Å². The maximum Gasteiger partial charge on any atom is 0.252 e. The summed E-state index contributed by atoms with van der Waals surface area (Å²) >= 11 is 0. The van der Waals surface area contributed by atoms with Crippen LogP contribution in [0.25, 0.3) is 0 Å². The first-order valence-corrected chi connectivity index (χ1v) is 26.1. The standard InChI is InChI=1S/C53H62BN3Si/c1-49(2,3)35-30-40-48-42(31-35)54-41-22-14-15-23-44(41)55(36-20-12-11-13-21-36)45-32-37(33-46(47(45)54)57(48)53(7)29-19-17-27-51(40,53)5)56-43-25-24-38(58(8,9)10)34-39(43)50(4)26-16-18-28-52(50,56)6/h11-15,20-25,30-34H,16-19,26-29H2,1-10H3. The molecule has 4 aliphatic heterocycles. The monoisotopic (exact) mass is 779 g/mol. The van der Waals surface area contributed by atoms with Crippen LogP contribution in [0.1, 0.15) is 117 Å². The normalized spacial score (nSPS) is 27.8. The predicted molar refractivity (Wildman–Crippen MR) is 253 cm³/mol. The first-order chi connectivity index (χ1) is 27.5. The van der Waals surface area contributed by atoms with Gasteiger partial charge in [0.15, 0.2) is 0 Å². The number of fused-ring (bicyclic) bond motifs is 10. The van der Waals surface area contributed by atoms with Gasteiger partial charge in [-0.05, 0) is 114 Å². The van der Waals surface area contributed by atoms with Gasteiger partial charge in [0.1, 0.15) is 0 Å². The summed E-state index contributed by atoms with van der Waals surface area (Å²) in [6, 6.07) is 38.9. The quantitative estimate of drug-likeness (QED) is 0.166. The molecular formula is C53H62BN3Si. The summed E-state index contributed by atoms with van der Waals surface area (Å²) in [6.45, 7) is 25.4. The van der Waals surface area contributed by atoms with E-state index in [9.17, 15) is 0 Å². The molecule has 0 radical (unpaired) electrons. The van der Waals surface area contributed by atoms with E-state index in [1.54, 1.807) is 16.3 Å². The Balaban J connectivity index is 1.26. The van der Waals surface area contributed by atoms with E-state index in [-0.39, 0.29) is 34.0 Å². The van der Waals surface area contributed by atoms with Crippen molar-refractivity contribution in [1.29, 1.82) is 0 Å². The summed E-state index contributed by atoms with van der Waals surface area (Å²) < 4.78 is 0. The van der Waals surface area contributed by atoms with E-state index in [0.717, 1.165) is 0 Å². The molecule has 4 unspecified atom stereocenters. The van der Waals surface area contributed by atoms with Crippen LogP contribution in [0.4, 0.5) is 39.8 Å². The van der Waals surface area contributed by atoms with E-state index in [0.29, 0.717) is 0 Å². The maximum absolute atomic E-state index is 2.94. The third-order valence-corrected chi connectivity index (χ3v) is 19.1. The summed E-state index contributed by atoms with van der Waals surface area (Å²) in [6.07, 6.45) is 10.0. The Morgan fingerprint density at radius 3 is 1.86 bits per heavy atom. The highest BCUT2D eigenvalue weighted by Crippen LogP contribution is 2.65. The molecule has 0 aromatic heterocycles. The lowest BCUT2D eigenvalue weighted by Crippen LogP contribution is -2.64. The van der Waals surface area contributed by atoms with Crippen molar-refractivity contribution in [3.05, 3.63) is 114 Å². The highest BCUT2D eigenvalue weighted by atomic mass is 28.3. The molecule has 3 nitrogen and oxygen atoms in total. The van der Waals surface area contributed by atoms with Crippen LogP contribution in [0, 0.1) is 0 Å². The fourth-order valence-electron chi connectivity index (χ4n) is 13.3. The second-order valence-electron chi connectivity index (χ2n) is 22.1. The Morgan fingerprint density at radius 1 is 0.552 bits per heavy atom. The molecule has 2 fully saturated rings. The van der Waals surface area contributed by atoms with Crippen molar-refractivity contribution < 1.29 is 0 Å². The van der Waals surface area contributed by atoms with Crippen molar-refractivity contribution in [2.75, 3.05) is 14.7 Å². The Bertz CT molecular complexity index is 2550. The summed E-state index contributed by atoms with van der Waals surface area (Å²) in [7, 11) is -1.53. The van der Waals surface area contributed by atoms with Crippen molar-refractivity contribution in [3.8, 4) is 0 Å². The molecule has 296 valence electrons. The van der Waals surface area contributed by atoms with E-state index in [1.165, 1.54) is 113 Å². The van der Waals surface area contributed by atoms with Crippen molar-refractivity contribution in [2.24, 2.45) is 0 Å². The molecule has 5 aromatic carbocycles. The van der Waals surface area contributed by atoms with Gasteiger partial charge < -0.3 is 14.7 Å². The zero-order chi connectivity index (χ0) is 40.4. The zero-order valence-corrected chi connectivity index (χ0v) is 37.8. The highest BCUT2D eigenvalue weighted by Gasteiger charge is 2.63. The fourth-order valence-corrected chi connectivity index (χ4v) is 14.5. The van der Waals surface area contributed by atoms with Gasteiger partial charge in [-0.1, -0.05) is 146 Å². The Kier molecular flexibility index (Phi) is 7.46. The van der Waals surface area contributed by atoms with Gasteiger partial charge in [0, 0.05) is 50.6 Å². The van der Waals surface area contributed by atoms with Gasteiger partial charge in [-0.15, -0.1) is 0 Å². The molecule has 11 rings (SSSR count). The summed E-state index contributed by atoms with van der Waals surface area (Å²) in [5.41, 5.74) is 18.8. The van der Waals surface area contributed by atoms with Crippen molar-refractivity contribution >= 4 is 76.2 Å². The minimum absolute atomic E-state index is 0.0379. The van der Waals surface area contributed by atoms with Crippen LogP contribution in [0.15, 0.2) is 97.1 Å². The van der Waals surface area contributed by atoms with Crippen LogP contribution in [0.5, 0.6) is 0 Å². The zero-order valence-electron chi connectivity index (χ0n) is 36.8. The van der Waals surface area contributed by atoms with Crippen LogP contribution in [0.3, 0.4) is 0 Å². The summed E-state index contributed by atoms with van der Waals surface area (Å²) in [5.74, 6) is 0. The van der Waals surface area contributed by atoms with E-state index in [4.69, 9.17) is 0 Å². The first-order valence-electron chi connectivity index (χ1n) is 22.6. The van der Waals surface area contributed by atoms with Crippen molar-refractivity contribution in [3.63, 3.8) is 0 Å². The molecule has 58 heavy (non-hydrogen) atoms. The molecule has 5 heteroatoms. The average Bonchev–Trinajstić information content (AvgIpc) is 3.54. The van der Waals surface area contributed by atoms with Crippen LogP contribution in [0.2, 0.25) is 19.6 Å². The third-order valence-electron chi connectivity index (χ3n) is 17.0. The molecule has 0 bridgehead atoms. The van der Waals surface area contributed by atoms with Crippen LogP contribution in [-0.4, -0.2) is 25.9 Å². The third kappa shape index (κ3) is 4.53. The molecule has 2 aliphatic carbocycles. The molecular weight excluding hydrogens is 718 g/mol. The number of benzene rings is 5. The number of hydrogen-bond acceptors (Lipinski definition) is 3. The van der Waals surface area contributed by atoms with Gasteiger partial charge >= 0.3 is 0 Å². The predicted octanol–water partition coefficient (Wildman–Crippen LogP) is 11.6. The molecule has 0 spiro atoms. The van der Waals surface area contributed by atoms with Crippen LogP contribution >= 0.6 is 0 Å². The lowest BCUT2D eigenvalue weighted by molar-refractivity contribution is 0.194. The van der Waals surface area contributed by atoms with E-state index < -0.39 is 8.07 Å². The van der Waals surface area contributed by atoms with Gasteiger partial charge in [-0.2, -0.15) is 0 Å². The molecule has 4 heterocycles. The minimum atomic E-state index is -1.53. The smallest absolute Gasteiger partial charge is 0.252 e. The number of para-hydroxylation sites is 2. The molecule has 4 atom stereocenters. The Morgan fingerprint density at radius 2 is 1.17 bits per heavy atom. The highest BCUT2D eigenvalue weighted by molar-refractivity contribution is 7.00. The Labute approximate surface area is 350 Å². The summed E-state index contributed by atoms with van der Waals surface area (Å²) in [4.78, 5) is 8.43.